The van der Waals surface area contributed by atoms with Gasteiger partial charge in [-0.05, 0) is 42.3 Å². The van der Waals surface area contributed by atoms with Gasteiger partial charge in [0.05, 0.1) is 10.9 Å². The Balaban J connectivity index is 1.73. The summed E-state index contributed by atoms with van der Waals surface area (Å²) in [5.41, 5.74) is 1.05. The molecular weight excluding hydrogens is 306 g/mol. The second kappa shape index (κ2) is 6.27. The topological polar surface area (TPSA) is 41.5 Å². The van der Waals surface area contributed by atoms with Crippen LogP contribution in [0, 0.1) is 11.6 Å². The summed E-state index contributed by atoms with van der Waals surface area (Å²) < 4.78 is 26.5. The number of amidine groups is 1. The van der Waals surface area contributed by atoms with E-state index in [0.29, 0.717) is 22.8 Å². The van der Waals surface area contributed by atoms with Crippen LogP contribution in [0.15, 0.2) is 53.5 Å². The predicted molar refractivity (Wildman–Crippen MR) is 83.1 cm³/mol. The lowest BCUT2D eigenvalue weighted by molar-refractivity contribution is -0.118. The zero-order valence-electron chi connectivity index (χ0n) is 11.4. The van der Waals surface area contributed by atoms with E-state index in [1.165, 1.54) is 42.1 Å². The molecule has 112 valence electrons. The monoisotopic (exact) mass is 318 g/mol. The molecule has 1 heterocycles. The standard InChI is InChI=1S/C16H12F2N2OS/c17-11-5-7-12(8-6-11)19-16-20-15(21)14(22-16)9-10-3-1-2-4-13(10)18/h1-8,14H,9H2,(H,19,20,21). The van der Waals surface area contributed by atoms with Crippen LogP contribution in [0.2, 0.25) is 0 Å². The fraction of sp³-hybridized carbons (Fsp3) is 0.125. The molecule has 1 aliphatic rings. The van der Waals surface area contributed by atoms with Crippen molar-refractivity contribution in [3.8, 4) is 0 Å². The maximum Gasteiger partial charge on any atom is 0.239 e. The van der Waals surface area contributed by atoms with Crippen LogP contribution in [0.3, 0.4) is 0 Å². The van der Waals surface area contributed by atoms with Crippen molar-refractivity contribution >= 4 is 28.5 Å². The number of hydrogen-bond acceptors (Lipinski definition) is 3. The quantitative estimate of drug-likeness (QED) is 0.942. The van der Waals surface area contributed by atoms with Crippen LogP contribution in [-0.2, 0) is 11.2 Å². The molecule has 1 aliphatic heterocycles. The first kappa shape index (κ1) is 14.7. The van der Waals surface area contributed by atoms with Gasteiger partial charge in [0.2, 0.25) is 5.91 Å². The molecular formula is C16H12F2N2OS. The Bertz CT molecular complexity index is 731. The Morgan fingerprint density at radius 3 is 2.55 bits per heavy atom. The van der Waals surface area contributed by atoms with Gasteiger partial charge in [-0.1, -0.05) is 30.0 Å². The zero-order valence-corrected chi connectivity index (χ0v) is 12.2. The molecule has 1 amide bonds. The second-order valence-electron chi connectivity index (χ2n) is 4.78. The number of nitrogens with one attached hydrogen (secondary N) is 1. The highest BCUT2D eigenvalue weighted by Crippen LogP contribution is 2.26. The molecule has 1 saturated heterocycles. The largest absolute Gasteiger partial charge is 0.304 e. The van der Waals surface area contributed by atoms with Gasteiger partial charge in [-0.25, -0.2) is 13.8 Å². The fourth-order valence-corrected chi connectivity index (χ4v) is 3.10. The number of hydrogen-bond donors (Lipinski definition) is 1. The van der Waals surface area contributed by atoms with Crippen molar-refractivity contribution in [1.82, 2.24) is 5.32 Å². The molecule has 1 N–H and O–H groups in total. The van der Waals surface area contributed by atoms with E-state index in [0.717, 1.165) is 0 Å². The summed E-state index contributed by atoms with van der Waals surface area (Å²) in [5, 5.41) is 2.69. The van der Waals surface area contributed by atoms with E-state index in [2.05, 4.69) is 10.3 Å². The third kappa shape index (κ3) is 3.33. The molecule has 22 heavy (non-hydrogen) atoms. The van der Waals surface area contributed by atoms with E-state index in [4.69, 9.17) is 0 Å². The molecule has 0 saturated carbocycles. The first-order valence-corrected chi connectivity index (χ1v) is 7.55. The molecule has 0 spiro atoms. The number of benzene rings is 2. The highest BCUT2D eigenvalue weighted by molar-refractivity contribution is 8.15. The summed E-state index contributed by atoms with van der Waals surface area (Å²) in [7, 11) is 0. The number of nitrogens with zero attached hydrogens (tertiary/aromatic N) is 1. The lowest BCUT2D eigenvalue weighted by atomic mass is 10.1. The van der Waals surface area contributed by atoms with Crippen LogP contribution >= 0.6 is 11.8 Å². The molecule has 3 rings (SSSR count). The SMILES string of the molecule is O=C1NC(=Nc2ccc(F)cc2)SC1Cc1ccccc1F. The van der Waals surface area contributed by atoms with E-state index in [1.54, 1.807) is 18.2 Å². The molecule has 6 heteroatoms. The van der Waals surface area contributed by atoms with Gasteiger partial charge < -0.3 is 5.32 Å². The van der Waals surface area contributed by atoms with Gasteiger partial charge in [-0.15, -0.1) is 0 Å². The van der Waals surface area contributed by atoms with Gasteiger partial charge in [0, 0.05) is 0 Å². The van der Waals surface area contributed by atoms with Crippen molar-refractivity contribution in [2.24, 2.45) is 4.99 Å². The minimum Gasteiger partial charge on any atom is -0.304 e. The van der Waals surface area contributed by atoms with Crippen LogP contribution in [0.5, 0.6) is 0 Å². The highest BCUT2D eigenvalue weighted by atomic mass is 32.2. The van der Waals surface area contributed by atoms with Gasteiger partial charge >= 0.3 is 0 Å². The number of amides is 1. The third-order valence-corrected chi connectivity index (χ3v) is 4.28. The van der Waals surface area contributed by atoms with Gasteiger partial charge in [-0.3, -0.25) is 4.79 Å². The Hall–Kier alpha value is -2.21. The zero-order chi connectivity index (χ0) is 15.5. The van der Waals surface area contributed by atoms with Crippen molar-refractivity contribution in [3.63, 3.8) is 0 Å². The first-order valence-electron chi connectivity index (χ1n) is 6.67. The van der Waals surface area contributed by atoms with Gasteiger partial charge in [0.1, 0.15) is 11.6 Å². The van der Waals surface area contributed by atoms with Crippen LogP contribution in [0.1, 0.15) is 5.56 Å². The van der Waals surface area contributed by atoms with Gasteiger partial charge in [-0.2, -0.15) is 0 Å². The van der Waals surface area contributed by atoms with Gasteiger partial charge in [0.15, 0.2) is 5.17 Å². The van der Waals surface area contributed by atoms with Crippen LogP contribution in [0.4, 0.5) is 14.5 Å². The van der Waals surface area contributed by atoms with Crippen LogP contribution < -0.4 is 5.32 Å². The normalized spacial score (nSPS) is 19.5. The number of rotatable bonds is 3. The van der Waals surface area contributed by atoms with E-state index >= 15 is 0 Å². The molecule has 2 aromatic carbocycles. The van der Waals surface area contributed by atoms with Crippen molar-refractivity contribution in [2.45, 2.75) is 11.7 Å². The lowest BCUT2D eigenvalue weighted by Gasteiger charge is -2.06. The van der Waals surface area contributed by atoms with Crippen LogP contribution in [-0.4, -0.2) is 16.3 Å². The van der Waals surface area contributed by atoms with Crippen molar-refractivity contribution < 1.29 is 13.6 Å². The molecule has 0 bridgehead atoms. The number of carbonyl (C=O) groups is 1. The number of thioether (sulfide) groups is 1. The Morgan fingerprint density at radius 2 is 1.82 bits per heavy atom. The number of halogens is 2. The maximum atomic E-state index is 13.6. The molecule has 1 fully saturated rings. The Kier molecular flexibility index (Phi) is 4.20. The molecule has 0 aliphatic carbocycles. The maximum absolute atomic E-state index is 13.6. The van der Waals surface area contributed by atoms with E-state index in [9.17, 15) is 13.6 Å². The van der Waals surface area contributed by atoms with Crippen LogP contribution in [0.25, 0.3) is 0 Å². The Labute approximate surface area is 130 Å². The molecule has 0 aromatic heterocycles. The average molecular weight is 318 g/mol. The van der Waals surface area contributed by atoms with Crippen molar-refractivity contribution in [2.75, 3.05) is 0 Å². The molecule has 1 atom stereocenters. The Morgan fingerprint density at radius 1 is 1.09 bits per heavy atom. The third-order valence-electron chi connectivity index (χ3n) is 3.20. The average Bonchev–Trinajstić information content (AvgIpc) is 2.84. The van der Waals surface area contributed by atoms with Crippen molar-refractivity contribution in [3.05, 3.63) is 65.7 Å². The highest BCUT2D eigenvalue weighted by Gasteiger charge is 2.30. The molecule has 2 aromatic rings. The molecule has 1 unspecified atom stereocenters. The molecule has 0 radical (unpaired) electrons. The van der Waals surface area contributed by atoms with E-state index < -0.39 is 5.25 Å². The summed E-state index contributed by atoms with van der Waals surface area (Å²) in [6.07, 6.45) is 0.297. The summed E-state index contributed by atoms with van der Waals surface area (Å²) >= 11 is 1.25. The summed E-state index contributed by atoms with van der Waals surface area (Å²) in [4.78, 5) is 16.2. The summed E-state index contributed by atoms with van der Waals surface area (Å²) in [6.45, 7) is 0. The lowest BCUT2D eigenvalue weighted by Crippen LogP contribution is -2.26. The van der Waals surface area contributed by atoms with E-state index in [-0.39, 0.29) is 17.5 Å². The predicted octanol–water partition coefficient (Wildman–Crippen LogP) is 3.43. The minimum atomic E-state index is -0.420. The minimum absolute atomic E-state index is 0.200. The number of aliphatic imine (C=N–C) groups is 1. The smallest absolute Gasteiger partial charge is 0.239 e. The summed E-state index contributed by atoms with van der Waals surface area (Å²) in [5.74, 6) is -0.863. The molecule has 3 nitrogen and oxygen atoms in total. The van der Waals surface area contributed by atoms with E-state index in [1.807, 2.05) is 0 Å². The van der Waals surface area contributed by atoms with Crippen molar-refractivity contribution in [1.29, 1.82) is 0 Å². The second-order valence-corrected chi connectivity index (χ2v) is 5.98. The first-order chi connectivity index (χ1) is 10.6. The fourth-order valence-electron chi connectivity index (χ4n) is 2.09. The summed E-state index contributed by atoms with van der Waals surface area (Å²) in [6, 6.07) is 12.1. The number of carbonyl (C=O) groups excluding carboxylic acids is 1. The van der Waals surface area contributed by atoms with Gasteiger partial charge in [0.25, 0.3) is 0 Å².